The first-order valence-electron chi connectivity index (χ1n) is 7.99. The van der Waals surface area contributed by atoms with Crippen molar-refractivity contribution in [2.45, 2.75) is 39.2 Å². The summed E-state index contributed by atoms with van der Waals surface area (Å²) in [5, 5.41) is 2.81. The monoisotopic (exact) mass is 342 g/mol. The fourth-order valence-corrected chi connectivity index (χ4v) is 3.91. The third kappa shape index (κ3) is 7.64. The molecule has 0 aliphatic heterocycles. The first kappa shape index (κ1) is 19.7. The van der Waals surface area contributed by atoms with Crippen molar-refractivity contribution in [2.24, 2.45) is 5.73 Å². The number of hydrogen-bond acceptors (Lipinski definition) is 5. The molecule has 2 atom stereocenters. The molecule has 0 aliphatic rings. The van der Waals surface area contributed by atoms with Crippen molar-refractivity contribution in [2.75, 3.05) is 19.3 Å². The van der Waals surface area contributed by atoms with Gasteiger partial charge in [0.05, 0.1) is 12.8 Å². The summed E-state index contributed by atoms with van der Waals surface area (Å²) in [7, 11) is -3.24. The largest absolute Gasteiger partial charge is 0.465 e. The Kier molecular flexibility index (Phi) is 8.92. The van der Waals surface area contributed by atoms with Crippen LogP contribution < -0.4 is 15.3 Å². The van der Waals surface area contributed by atoms with Gasteiger partial charge in [0.1, 0.15) is 11.8 Å². The Morgan fingerprint density at radius 2 is 2.00 bits per heavy atom. The molecule has 7 heteroatoms. The van der Waals surface area contributed by atoms with Crippen LogP contribution in [0.15, 0.2) is 30.3 Å². The summed E-state index contributed by atoms with van der Waals surface area (Å²) in [6.07, 6.45) is 2.55. The van der Waals surface area contributed by atoms with Crippen LogP contribution in [0.25, 0.3) is 0 Å². The van der Waals surface area contributed by atoms with Gasteiger partial charge >= 0.3 is 13.5 Å². The van der Waals surface area contributed by atoms with Gasteiger partial charge < -0.3 is 15.0 Å². The lowest BCUT2D eigenvalue weighted by Crippen LogP contribution is -2.35. The molecule has 130 valence electrons. The van der Waals surface area contributed by atoms with Gasteiger partial charge in [0.15, 0.2) is 0 Å². The van der Waals surface area contributed by atoms with Crippen molar-refractivity contribution in [3.8, 4) is 5.75 Å². The minimum absolute atomic E-state index is 0.255. The Morgan fingerprint density at radius 1 is 1.30 bits per heavy atom. The quantitative estimate of drug-likeness (QED) is 0.365. The normalized spacial score (nSPS) is 14.7. The van der Waals surface area contributed by atoms with E-state index in [2.05, 4.69) is 5.09 Å². The highest BCUT2D eigenvalue weighted by molar-refractivity contribution is 7.57. The first-order valence-corrected chi connectivity index (χ1v) is 9.80. The van der Waals surface area contributed by atoms with E-state index < -0.39 is 19.5 Å². The molecule has 1 aromatic carbocycles. The van der Waals surface area contributed by atoms with Gasteiger partial charge in [-0.25, -0.2) is 5.09 Å². The van der Waals surface area contributed by atoms with E-state index in [1.807, 2.05) is 13.0 Å². The van der Waals surface area contributed by atoms with Gasteiger partial charge in [0.25, 0.3) is 0 Å². The van der Waals surface area contributed by atoms with Crippen LogP contribution in [0, 0.1) is 0 Å². The second kappa shape index (κ2) is 10.4. The molecule has 0 aromatic heterocycles. The molecular formula is C16H27N2O4P. The fraction of sp³-hybridized carbons (Fsp3) is 0.562. The molecule has 6 nitrogen and oxygen atoms in total. The number of ether oxygens (including phenoxy) is 1. The maximum Gasteiger partial charge on any atom is 0.323 e. The van der Waals surface area contributed by atoms with Crippen LogP contribution in [0.1, 0.15) is 33.1 Å². The van der Waals surface area contributed by atoms with Gasteiger partial charge in [-0.05, 0) is 38.4 Å². The second-order valence-corrected chi connectivity index (χ2v) is 7.55. The van der Waals surface area contributed by atoms with Gasteiger partial charge in [-0.15, -0.1) is 0 Å². The molecule has 0 saturated carbocycles. The van der Waals surface area contributed by atoms with E-state index >= 15 is 0 Å². The predicted molar refractivity (Wildman–Crippen MR) is 91.7 cm³/mol. The van der Waals surface area contributed by atoms with Gasteiger partial charge in [0, 0.05) is 0 Å². The molecule has 3 N–H and O–H groups in total. The van der Waals surface area contributed by atoms with E-state index in [1.54, 1.807) is 31.2 Å². The summed E-state index contributed by atoms with van der Waals surface area (Å²) in [4.78, 5) is 11.9. The summed E-state index contributed by atoms with van der Waals surface area (Å²) < 4.78 is 23.8. The standard InChI is InChI=1S/C16H27N2O4P/c1-3-4-12-21-16(19)14(2)18-23(20,13-8-11-17)22-15-9-6-5-7-10-15/h5-7,9-10,14H,3-4,8,11-13,17H2,1-2H3,(H,18,20). The first-order chi connectivity index (χ1) is 11.0. The number of para-hydroxylation sites is 1. The Morgan fingerprint density at radius 3 is 2.61 bits per heavy atom. The molecule has 1 aromatic rings. The molecule has 1 rings (SSSR count). The van der Waals surface area contributed by atoms with E-state index in [9.17, 15) is 9.36 Å². The molecule has 0 amide bonds. The molecule has 0 bridgehead atoms. The second-order valence-electron chi connectivity index (χ2n) is 5.32. The van der Waals surface area contributed by atoms with Crippen molar-refractivity contribution in [1.82, 2.24) is 5.09 Å². The highest BCUT2D eigenvalue weighted by Crippen LogP contribution is 2.44. The lowest BCUT2D eigenvalue weighted by Gasteiger charge is -2.23. The summed E-state index contributed by atoms with van der Waals surface area (Å²) in [5.41, 5.74) is 5.50. The van der Waals surface area contributed by atoms with Crippen molar-refractivity contribution in [1.29, 1.82) is 0 Å². The number of carbonyl (C=O) groups is 1. The van der Waals surface area contributed by atoms with Crippen molar-refractivity contribution >= 4 is 13.5 Å². The van der Waals surface area contributed by atoms with E-state index in [0.29, 0.717) is 25.3 Å². The number of benzene rings is 1. The minimum atomic E-state index is -3.24. The maximum absolute atomic E-state index is 13.0. The molecular weight excluding hydrogens is 315 g/mol. The Bertz CT molecular complexity index is 510. The molecule has 0 spiro atoms. The Labute approximate surface area is 138 Å². The predicted octanol–water partition coefficient (Wildman–Crippen LogP) is 2.93. The summed E-state index contributed by atoms with van der Waals surface area (Å²) in [5.74, 6) is 0.0648. The molecule has 0 radical (unpaired) electrons. The SMILES string of the molecule is CCCCOC(=O)C(C)NP(=O)(CCCN)Oc1ccccc1. The molecule has 0 heterocycles. The number of nitrogens with two attached hydrogens (primary N) is 1. The number of unbranched alkanes of at least 4 members (excludes halogenated alkanes) is 1. The lowest BCUT2D eigenvalue weighted by atomic mass is 10.3. The zero-order valence-electron chi connectivity index (χ0n) is 13.9. The molecule has 0 aliphatic carbocycles. The number of esters is 1. The minimum Gasteiger partial charge on any atom is -0.465 e. The Balaban J connectivity index is 2.69. The van der Waals surface area contributed by atoms with Gasteiger partial charge in [0.2, 0.25) is 0 Å². The number of rotatable bonds is 11. The maximum atomic E-state index is 13.0. The van der Waals surface area contributed by atoms with Crippen LogP contribution >= 0.6 is 7.52 Å². The molecule has 0 saturated heterocycles. The van der Waals surface area contributed by atoms with Crippen LogP contribution in [-0.2, 0) is 14.1 Å². The van der Waals surface area contributed by atoms with Gasteiger partial charge in [-0.1, -0.05) is 31.5 Å². The molecule has 23 heavy (non-hydrogen) atoms. The van der Waals surface area contributed by atoms with Crippen LogP contribution in [0.5, 0.6) is 5.75 Å². The van der Waals surface area contributed by atoms with E-state index in [4.69, 9.17) is 15.0 Å². The summed E-state index contributed by atoms with van der Waals surface area (Å²) in [6.45, 7) is 4.41. The van der Waals surface area contributed by atoms with E-state index in [0.717, 1.165) is 12.8 Å². The van der Waals surface area contributed by atoms with Crippen molar-refractivity contribution in [3.05, 3.63) is 30.3 Å². The van der Waals surface area contributed by atoms with Crippen LogP contribution in [0.2, 0.25) is 0 Å². The molecule has 0 fully saturated rings. The summed E-state index contributed by atoms with van der Waals surface area (Å²) in [6, 6.07) is 8.18. The third-order valence-electron chi connectivity index (χ3n) is 3.14. The van der Waals surface area contributed by atoms with Gasteiger partial charge in [-0.3, -0.25) is 9.36 Å². The zero-order chi connectivity index (χ0) is 17.1. The van der Waals surface area contributed by atoms with Crippen molar-refractivity contribution < 1.29 is 18.6 Å². The number of carbonyl (C=O) groups excluding carboxylic acids is 1. The zero-order valence-corrected chi connectivity index (χ0v) is 14.8. The number of hydrogen-bond donors (Lipinski definition) is 2. The average Bonchev–Trinajstić information content (AvgIpc) is 2.54. The van der Waals surface area contributed by atoms with Gasteiger partial charge in [-0.2, -0.15) is 0 Å². The highest BCUT2D eigenvalue weighted by atomic mass is 31.2. The average molecular weight is 342 g/mol. The van der Waals surface area contributed by atoms with E-state index in [-0.39, 0.29) is 6.16 Å². The highest BCUT2D eigenvalue weighted by Gasteiger charge is 2.29. The fourth-order valence-electron chi connectivity index (χ4n) is 1.88. The summed E-state index contributed by atoms with van der Waals surface area (Å²) >= 11 is 0. The topological polar surface area (TPSA) is 90.7 Å². The van der Waals surface area contributed by atoms with Crippen molar-refractivity contribution in [3.63, 3.8) is 0 Å². The lowest BCUT2D eigenvalue weighted by molar-refractivity contribution is -0.145. The number of nitrogens with one attached hydrogen (secondary N) is 1. The smallest absolute Gasteiger partial charge is 0.323 e. The van der Waals surface area contributed by atoms with E-state index in [1.165, 1.54) is 0 Å². The van der Waals surface area contributed by atoms with Crippen LogP contribution in [0.4, 0.5) is 0 Å². The molecule has 2 unspecified atom stereocenters. The van der Waals surface area contributed by atoms with Crippen LogP contribution in [-0.4, -0.2) is 31.3 Å². The third-order valence-corrected chi connectivity index (χ3v) is 5.33. The Hall–Kier alpha value is -1.36. The van der Waals surface area contributed by atoms with Crippen LogP contribution in [0.3, 0.4) is 0 Å².